The number of rotatable bonds is 5. The van der Waals surface area contributed by atoms with Gasteiger partial charge in [0.05, 0.1) is 0 Å². The first-order chi connectivity index (χ1) is 4.85. The van der Waals surface area contributed by atoms with E-state index in [0.717, 1.165) is 5.92 Å². The fourth-order valence-electron chi connectivity index (χ4n) is 0.974. The van der Waals surface area contributed by atoms with Crippen molar-refractivity contribution in [1.82, 2.24) is 0 Å². The minimum atomic E-state index is 0.653. The minimum absolute atomic E-state index is 0.653. The molecular formula is C9H17Cl. The molecule has 0 atom stereocenters. The second-order valence-electron chi connectivity index (χ2n) is 2.54. The van der Waals surface area contributed by atoms with Crippen LogP contribution in [0.25, 0.3) is 0 Å². The minimum Gasteiger partial charge on any atom is -0.122 e. The van der Waals surface area contributed by atoms with Crippen molar-refractivity contribution in [1.29, 1.82) is 0 Å². The molecule has 0 amide bonds. The molecular weight excluding hydrogens is 144 g/mol. The third kappa shape index (κ3) is 4.87. The van der Waals surface area contributed by atoms with Gasteiger partial charge in [0.15, 0.2) is 0 Å². The fraction of sp³-hybridized carbons (Fsp3) is 0.778. The van der Waals surface area contributed by atoms with E-state index in [2.05, 4.69) is 19.9 Å². The molecule has 10 heavy (non-hydrogen) atoms. The van der Waals surface area contributed by atoms with Crippen molar-refractivity contribution in [3.8, 4) is 0 Å². The number of allylic oxidation sites excluding steroid dienone is 2. The normalized spacial score (nSPS) is 11.6. The van der Waals surface area contributed by atoms with E-state index < -0.39 is 0 Å². The van der Waals surface area contributed by atoms with E-state index in [1.807, 2.05) is 6.08 Å². The summed E-state index contributed by atoms with van der Waals surface area (Å²) in [5.74, 6) is 1.51. The van der Waals surface area contributed by atoms with E-state index in [0.29, 0.717) is 5.88 Å². The largest absolute Gasteiger partial charge is 0.122 e. The summed E-state index contributed by atoms with van der Waals surface area (Å²) in [5.41, 5.74) is 0. The average Bonchev–Trinajstić information content (AvgIpc) is 1.99. The predicted octanol–water partition coefficient (Wildman–Crippen LogP) is 3.61. The van der Waals surface area contributed by atoms with Gasteiger partial charge in [-0.25, -0.2) is 0 Å². The Morgan fingerprint density at radius 2 is 1.80 bits per heavy atom. The second kappa shape index (κ2) is 7.14. The molecule has 0 aromatic carbocycles. The van der Waals surface area contributed by atoms with Crippen LogP contribution in [-0.2, 0) is 0 Å². The van der Waals surface area contributed by atoms with Crippen LogP contribution in [0.2, 0.25) is 0 Å². The number of halogens is 1. The number of alkyl halides is 1. The monoisotopic (exact) mass is 160 g/mol. The van der Waals surface area contributed by atoms with E-state index >= 15 is 0 Å². The van der Waals surface area contributed by atoms with Gasteiger partial charge in [-0.1, -0.05) is 38.8 Å². The van der Waals surface area contributed by atoms with E-state index in [1.165, 1.54) is 19.3 Å². The fourth-order valence-corrected chi connectivity index (χ4v) is 1.10. The molecule has 0 fully saturated rings. The molecule has 0 radical (unpaired) electrons. The lowest BCUT2D eigenvalue weighted by Crippen LogP contribution is -1.93. The summed E-state index contributed by atoms with van der Waals surface area (Å²) in [4.78, 5) is 0. The molecule has 60 valence electrons. The Bertz CT molecular complexity index is 82.7. The first-order valence-corrected chi connectivity index (χ1v) is 4.59. The molecule has 0 saturated carbocycles. The molecule has 0 nitrogen and oxygen atoms in total. The van der Waals surface area contributed by atoms with Crippen molar-refractivity contribution in [3.63, 3.8) is 0 Å². The van der Waals surface area contributed by atoms with Gasteiger partial charge in [-0.15, -0.1) is 11.6 Å². The van der Waals surface area contributed by atoms with Gasteiger partial charge in [0.1, 0.15) is 0 Å². The van der Waals surface area contributed by atoms with Crippen LogP contribution in [0, 0.1) is 5.92 Å². The number of hydrogen-bond acceptors (Lipinski definition) is 0. The van der Waals surface area contributed by atoms with E-state index in [4.69, 9.17) is 11.6 Å². The zero-order valence-electron chi connectivity index (χ0n) is 6.94. The third-order valence-corrected chi connectivity index (χ3v) is 2.06. The van der Waals surface area contributed by atoms with Crippen molar-refractivity contribution >= 4 is 11.6 Å². The van der Waals surface area contributed by atoms with Crippen molar-refractivity contribution < 1.29 is 0 Å². The van der Waals surface area contributed by atoms with Crippen molar-refractivity contribution in [2.75, 3.05) is 5.88 Å². The maximum absolute atomic E-state index is 5.48. The van der Waals surface area contributed by atoms with Gasteiger partial charge in [0, 0.05) is 5.88 Å². The molecule has 0 aromatic rings. The summed E-state index contributed by atoms with van der Waals surface area (Å²) in [6.07, 6.45) is 7.97. The summed E-state index contributed by atoms with van der Waals surface area (Å²) in [6.45, 7) is 4.48. The molecule has 0 rings (SSSR count). The van der Waals surface area contributed by atoms with Crippen molar-refractivity contribution in [2.24, 2.45) is 5.92 Å². The van der Waals surface area contributed by atoms with E-state index in [-0.39, 0.29) is 0 Å². The maximum atomic E-state index is 5.48. The molecule has 0 N–H and O–H groups in total. The molecule has 0 aliphatic carbocycles. The van der Waals surface area contributed by atoms with Crippen LogP contribution in [0.3, 0.4) is 0 Å². The van der Waals surface area contributed by atoms with Crippen LogP contribution in [-0.4, -0.2) is 5.88 Å². The SMILES string of the molecule is CCC(CC)C/C=C/CCl. The molecule has 0 aromatic heterocycles. The van der Waals surface area contributed by atoms with Gasteiger partial charge in [-0.2, -0.15) is 0 Å². The lowest BCUT2D eigenvalue weighted by Gasteiger charge is -2.07. The van der Waals surface area contributed by atoms with Crippen molar-refractivity contribution in [2.45, 2.75) is 33.1 Å². The smallest absolute Gasteiger partial charge is 0.0404 e. The highest BCUT2D eigenvalue weighted by molar-refractivity contribution is 6.18. The summed E-state index contributed by atoms with van der Waals surface area (Å²) >= 11 is 5.48. The first kappa shape index (κ1) is 10.0. The summed E-state index contributed by atoms with van der Waals surface area (Å²) in [7, 11) is 0. The molecule has 0 unspecified atom stereocenters. The van der Waals surface area contributed by atoms with Gasteiger partial charge in [-0.3, -0.25) is 0 Å². The Morgan fingerprint density at radius 1 is 1.20 bits per heavy atom. The van der Waals surface area contributed by atoms with Crippen LogP contribution in [0.4, 0.5) is 0 Å². The molecule has 0 aliphatic heterocycles. The Hall–Kier alpha value is 0.0300. The Kier molecular flexibility index (Phi) is 7.16. The van der Waals surface area contributed by atoms with Gasteiger partial charge < -0.3 is 0 Å². The average molecular weight is 161 g/mol. The molecule has 0 aliphatic rings. The maximum Gasteiger partial charge on any atom is 0.0404 e. The highest BCUT2D eigenvalue weighted by atomic mass is 35.5. The van der Waals surface area contributed by atoms with Crippen LogP contribution >= 0.6 is 11.6 Å². The number of hydrogen-bond donors (Lipinski definition) is 0. The molecule has 0 bridgehead atoms. The lowest BCUT2D eigenvalue weighted by molar-refractivity contribution is 0.499. The van der Waals surface area contributed by atoms with Gasteiger partial charge in [-0.05, 0) is 12.3 Å². The highest BCUT2D eigenvalue weighted by Crippen LogP contribution is 2.12. The highest BCUT2D eigenvalue weighted by Gasteiger charge is 1.98. The van der Waals surface area contributed by atoms with Crippen LogP contribution in [0.5, 0.6) is 0 Å². The Balaban J connectivity index is 3.34. The standard InChI is InChI=1S/C9H17Cl/c1-3-9(4-2)7-5-6-8-10/h5-6,9H,3-4,7-8H2,1-2H3/b6-5+. The van der Waals surface area contributed by atoms with Gasteiger partial charge in [0.25, 0.3) is 0 Å². The second-order valence-corrected chi connectivity index (χ2v) is 2.85. The zero-order chi connectivity index (χ0) is 7.82. The molecule has 1 heteroatoms. The lowest BCUT2D eigenvalue weighted by atomic mass is 10.00. The molecule has 0 heterocycles. The first-order valence-electron chi connectivity index (χ1n) is 4.06. The van der Waals surface area contributed by atoms with E-state index in [1.54, 1.807) is 0 Å². The van der Waals surface area contributed by atoms with Crippen molar-refractivity contribution in [3.05, 3.63) is 12.2 Å². The molecule has 0 spiro atoms. The zero-order valence-corrected chi connectivity index (χ0v) is 7.69. The third-order valence-electron chi connectivity index (χ3n) is 1.88. The Labute approximate surface area is 69.3 Å². The summed E-state index contributed by atoms with van der Waals surface area (Å²) in [6, 6.07) is 0. The molecule has 0 saturated heterocycles. The summed E-state index contributed by atoms with van der Waals surface area (Å²) < 4.78 is 0. The Morgan fingerprint density at radius 3 is 2.20 bits per heavy atom. The summed E-state index contributed by atoms with van der Waals surface area (Å²) in [5, 5.41) is 0. The van der Waals surface area contributed by atoms with Crippen LogP contribution in [0.15, 0.2) is 12.2 Å². The van der Waals surface area contributed by atoms with Gasteiger partial charge >= 0.3 is 0 Å². The topological polar surface area (TPSA) is 0 Å². The van der Waals surface area contributed by atoms with E-state index in [9.17, 15) is 0 Å². The van der Waals surface area contributed by atoms with Gasteiger partial charge in [0.2, 0.25) is 0 Å². The quantitative estimate of drug-likeness (QED) is 0.426. The van der Waals surface area contributed by atoms with Crippen LogP contribution < -0.4 is 0 Å². The van der Waals surface area contributed by atoms with Crippen LogP contribution in [0.1, 0.15) is 33.1 Å². The predicted molar refractivity (Wildman–Crippen MR) is 48.5 cm³/mol.